The SMILES string of the molecule is ClCC1CCC(Nc2nccs2)CC1. The Kier molecular flexibility index (Phi) is 3.65. The maximum absolute atomic E-state index is 5.84. The summed E-state index contributed by atoms with van der Waals surface area (Å²) in [6.07, 6.45) is 6.82. The van der Waals surface area contributed by atoms with E-state index < -0.39 is 0 Å². The molecule has 1 aromatic heterocycles. The minimum atomic E-state index is 0.612. The maximum atomic E-state index is 5.84. The number of alkyl halides is 1. The van der Waals surface area contributed by atoms with Crippen LogP contribution < -0.4 is 5.32 Å². The maximum Gasteiger partial charge on any atom is 0.182 e. The highest BCUT2D eigenvalue weighted by molar-refractivity contribution is 7.13. The molecule has 0 aromatic carbocycles. The Morgan fingerprint density at radius 2 is 2.21 bits per heavy atom. The molecule has 14 heavy (non-hydrogen) atoms. The molecule has 1 aliphatic carbocycles. The molecule has 1 aromatic rings. The summed E-state index contributed by atoms with van der Waals surface area (Å²) in [6.45, 7) is 0. The minimum absolute atomic E-state index is 0.612. The number of hydrogen-bond acceptors (Lipinski definition) is 3. The Labute approximate surface area is 93.7 Å². The lowest BCUT2D eigenvalue weighted by Gasteiger charge is -2.27. The average Bonchev–Trinajstić information content (AvgIpc) is 2.72. The van der Waals surface area contributed by atoms with Gasteiger partial charge in [-0.05, 0) is 31.6 Å². The first-order valence-electron chi connectivity index (χ1n) is 5.10. The van der Waals surface area contributed by atoms with E-state index in [-0.39, 0.29) is 0 Å². The molecule has 4 heteroatoms. The zero-order valence-electron chi connectivity index (χ0n) is 8.08. The fourth-order valence-corrected chi connectivity index (χ4v) is 2.85. The molecule has 1 heterocycles. The van der Waals surface area contributed by atoms with Gasteiger partial charge in [0.25, 0.3) is 0 Å². The highest BCUT2D eigenvalue weighted by Crippen LogP contribution is 2.27. The topological polar surface area (TPSA) is 24.9 Å². The third-order valence-electron chi connectivity index (χ3n) is 2.82. The van der Waals surface area contributed by atoms with Crippen LogP contribution in [0.4, 0.5) is 5.13 Å². The quantitative estimate of drug-likeness (QED) is 0.806. The van der Waals surface area contributed by atoms with Gasteiger partial charge in [-0.3, -0.25) is 0 Å². The van der Waals surface area contributed by atoms with Gasteiger partial charge in [0.05, 0.1) is 0 Å². The van der Waals surface area contributed by atoms with Crippen molar-refractivity contribution in [3.63, 3.8) is 0 Å². The molecule has 0 aliphatic heterocycles. The number of hydrogen-bond donors (Lipinski definition) is 1. The van der Waals surface area contributed by atoms with Crippen molar-refractivity contribution in [3.05, 3.63) is 11.6 Å². The van der Waals surface area contributed by atoms with Crippen molar-refractivity contribution in [3.8, 4) is 0 Å². The van der Waals surface area contributed by atoms with Crippen LogP contribution in [-0.4, -0.2) is 16.9 Å². The van der Waals surface area contributed by atoms with Gasteiger partial charge in [-0.25, -0.2) is 4.98 Å². The molecule has 1 fully saturated rings. The Hall–Kier alpha value is -0.280. The molecular formula is C10H15ClN2S. The Morgan fingerprint density at radius 3 is 2.79 bits per heavy atom. The fourth-order valence-electron chi connectivity index (χ4n) is 1.93. The summed E-state index contributed by atoms with van der Waals surface area (Å²) in [7, 11) is 0. The van der Waals surface area contributed by atoms with Gasteiger partial charge in [0.2, 0.25) is 0 Å². The fraction of sp³-hybridized carbons (Fsp3) is 0.700. The number of rotatable bonds is 3. The van der Waals surface area contributed by atoms with Crippen LogP contribution in [0, 0.1) is 5.92 Å². The van der Waals surface area contributed by atoms with Crippen LogP contribution in [0.15, 0.2) is 11.6 Å². The summed E-state index contributed by atoms with van der Waals surface area (Å²) in [5.41, 5.74) is 0. The predicted molar refractivity (Wildman–Crippen MR) is 62.2 cm³/mol. The molecule has 0 amide bonds. The smallest absolute Gasteiger partial charge is 0.182 e. The number of thiazole rings is 1. The van der Waals surface area contributed by atoms with E-state index in [0.29, 0.717) is 6.04 Å². The third kappa shape index (κ3) is 2.61. The lowest BCUT2D eigenvalue weighted by Crippen LogP contribution is -2.26. The minimum Gasteiger partial charge on any atom is -0.359 e. The largest absolute Gasteiger partial charge is 0.359 e. The zero-order valence-corrected chi connectivity index (χ0v) is 9.65. The molecule has 0 spiro atoms. The van der Waals surface area contributed by atoms with Gasteiger partial charge >= 0.3 is 0 Å². The summed E-state index contributed by atoms with van der Waals surface area (Å²) in [4.78, 5) is 4.23. The highest BCUT2D eigenvalue weighted by Gasteiger charge is 2.20. The van der Waals surface area contributed by atoms with Gasteiger partial charge in [0.1, 0.15) is 0 Å². The lowest BCUT2D eigenvalue weighted by molar-refractivity contribution is 0.364. The Balaban J connectivity index is 1.79. The average molecular weight is 231 g/mol. The van der Waals surface area contributed by atoms with Crippen molar-refractivity contribution in [2.75, 3.05) is 11.2 Å². The molecule has 2 nitrogen and oxygen atoms in total. The van der Waals surface area contributed by atoms with E-state index in [2.05, 4.69) is 10.3 Å². The van der Waals surface area contributed by atoms with E-state index in [1.54, 1.807) is 11.3 Å². The molecule has 0 saturated heterocycles. The van der Waals surface area contributed by atoms with Crippen molar-refractivity contribution >= 4 is 28.1 Å². The van der Waals surface area contributed by atoms with Crippen LogP contribution in [-0.2, 0) is 0 Å². The molecule has 1 aliphatic rings. The van der Waals surface area contributed by atoms with Crippen molar-refractivity contribution in [1.29, 1.82) is 0 Å². The first-order valence-corrected chi connectivity index (χ1v) is 6.52. The van der Waals surface area contributed by atoms with Crippen LogP contribution in [0.2, 0.25) is 0 Å². The number of anilines is 1. The van der Waals surface area contributed by atoms with Crippen molar-refractivity contribution in [2.24, 2.45) is 5.92 Å². The van der Waals surface area contributed by atoms with E-state index in [0.717, 1.165) is 16.9 Å². The van der Waals surface area contributed by atoms with Crippen LogP contribution in [0.3, 0.4) is 0 Å². The number of nitrogens with zero attached hydrogens (tertiary/aromatic N) is 1. The number of aromatic nitrogens is 1. The molecule has 0 radical (unpaired) electrons. The monoisotopic (exact) mass is 230 g/mol. The van der Waals surface area contributed by atoms with Gasteiger partial charge < -0.3 is 5.32 Å². The van der Waals surface area contributed by atoms with Crippen molar-refractivity contribution in [2.45, 2.75) is 31.7 Å². The molecule has 2 rings (SSSR count). The first-order chi connectivity index (χ1) is 6.88. The molecule has 1 N–H and O–H groups in total. The second-order valence-corrected chi connectivity index (χ2v) is 5.06. The second-order valence-electron chi connectivity index (χ2n) is 3.85. The normalized spacial score (nSPS) is 27.5. The highest BCUT2D eigenvalue weighted by atomic mass is 35.5. The van der Waals surface area contributed by atoms with E-state index in [4.69, 9.17) is 11.6 Å². The summed E-state index contributed by atoms with van der Waals surface area (Å²) >= 11 is 7.51. The summed E-state index contributed by atoms with van der Waals surface area (Å²) in [5, 5.41) is 6.53. The second kappa shape index (κ2) is 4.99. The van der Waals surface area contributed by atoms with Crippen LogP contribution in [0.5, 0.6) is 0 Å². The zero-order chi connectivity index (χ0) is 9.80. The van der Waals surface area contributed by atoms with Crippen LogP contribution in [0.25, 0.3) is 0 Å². The van der Waals surface area contributed by atoms with Crippen LogP contribution in [0.1, 0.15) is 25.7 Å². The Morgan fingerprint density at radius 1 is 1.43 bits per heavy atom. The molecule has 78 valence electrons. The molecule has 0 bridgehead atoms. The van der Waals surface area contributed by atoms with E-state index in [9.17, 15) is 0 Å². The first kappa shape index (κ1) is 10.2. The van der Waals surface area contributed by atoms with Crippen molar-refractivity contribution in [1.82, 2.24) is 4.98 Å². The van der Waals surface area contributed by atoms with Crippen LogP contribution >= 0.6 is 22.9 Å². The number of nitrogens with one attached hydrogen (secondary N) is 1. The molecule has 0 atom stereocenters. The van der Waals surface area contributed by atoms with E-state index in [1.165, 1.54) is 25.7 Å². The predicted octanol–water partition coefficient (Wildman–Crippen LogP) is 3.35. The van der Waals surface area contributed by atoms with Crippen molar-refractivity contribution < 1.29 is 0 Å². The molecule has 1 saturated carbocycles. The van der Waals surface area contributed by atoms with Gasteiger partial charge in [-0.1, -0.05) is 0 Å². The number of halogens is 1. The van der Waals surface area contributed by atoms with Gasteiger partial charge in [0, 0.05) is 23.5 Å². The van der Waals surface area contributed by atoms with Gasteiger partial charge in [0.15, 0.2) is 5.13 Å². The van der Waals surface area contributed by atoms with Gasteiger partial charge in [-0.2, -0.15) is 0 Å². The summed E-state index contributed by atoms with van der Waals surface area (Å²) in [5.74, 6) is 1.57. The van der Waals surface area contributed by atoms with E-state index in [1.807, 2.05) is 11.6 Å². The third-order valence-corrected chi connectivity index (χ3v) is 3.97. The van der Waals surface area contributed by atoms with E-state index >= 15 is 0 Å². The lowest BCUT2D eigenvalue weighted by atomic mass is 9.87. The summed E-state index contributed by atoms with van der Waals surface area (Å²) in [6, 6.07) is 0.612. The Bertz CT molecular complexity index is 255. The standard InChI is InChI=1S/C10H15ClN2S/c11-7-8-1-3-9(4-2-8)13-10-12-5-6-14-10/h5-6,8-9H,1-4,7H2,(H,12,13). The summed E-state index contributed by atoms with van der Waals surface area (Å²) < 4.78 is 0. The molecular weight excluding hydrogens is 216 g/mol. The molecule has 0 unspecified atom stereocenters. The van der Waals surface area contributed by atoms with Gasteiger partial charge in [-0.15, -0.1) is 22.9 Å².